The number of aromatic nitrogens is 2. The topological polar surface area (TPSA) is 73.3 Å². The number of halogens is 2. The Morgan fingerprint density at radius 3 is 2.78 bits per heavy atom. The first-order chi connectivity index (χ1) is 8.63. The average molecular weight is 261 g/mol. The van der Waals surface area contributed by atoms with Crippen LogP contribution in [0.15, 0.2) is 12.4 Å². The number of ether oxygens (including phenoxy) is 2. The van der Waals surface area contributed by atoms with E-state index < -0.39 is 19.0 Å². The molecule has 0 bridgehead atoms. The lowest BCUT2D eigenvalue weighted by atomic mass is 10.4. The molecule has 0 saturated carbocycles. The van der Waals surface area contributed by atoms with Gasteiger partial charge in [0.25, 0.3) is 6.43 Å². The molecular weight excluding hydrogens is 248 g/mol. The number of nitrogens with zero attached hydrogens (tertiary/aromatic N) is 2. The highest BCUT2D eigenvalue weighted by Gasteiger charge is 2.07. The zero-order chi connectivity index (χ0) is 13.4. The van der Waals surface area contributed by atoms with Crippen molar-refractivity contribution in [3.63, 3.8) is 0 Å². The molecular formula is C10H13F2N3O3. The molecule has 0 amide bonds. The van der Waals surface area contributed by atoms with Gasteiger partial charge in [-0.1, -0.05) is 0 Å². The lowest BCUT2D eigenvalue weighted by Gasteiger charge is -2.06. The van der Waals surface area contributed by atoms with E-state index in [1.807, 2.05) is 0 Å². The largest absolute Gasteiger partial charge is 0.464 e. The molecule has 1 aromatic heterocycles. The van der Waals surface area contributed by atoms with E-state index in [2.05, 4.69) is 24.8 Å². The number of esters is 1. The van der Waals surface area contributed by atoms with Crippen molar-refractivity contribution < 1.29 is 23.0 Å². The standard InChI is InChI=1S/C10H13F2N3O3/c1-17-10(16)7-4-15-9(5-14-7)13-2-3-18-6-8(11)12/h4-5,8H,2-3,6H2,1H3,(H,13,15). The van der Waals surface area contributed by atoms with Crippen LogP contribution in [-0.4, -0.2) is 49.2 Å². The monoisotopic (exact) mass is 261 g/mol. The molecule has 1 N–H and O–H groups in total. The molecule has 0 aliphatic heterocycles. The smallest absolute Gasteiger partial charge is 0.358 e. The number of methoxy groups -OCH3 is 1. The molecule has 1 heterocycles. The molecule has 0 aromatic carbocycles. The van der Waals surface area contributed by atoms with E-state index in [4.69, 9.17) is 0 Å². The highest BCUT2D eigenvalue weighted by Crippen LogP contribution is 2.01. The predicted molar refractivity (Wildman–Crippen MR) is 58.7 cm³/mol. The van der Waals surface area contributed by atoms with E-state index in [1.165, 1.54) is 19.5 Å². The van der Waals surface area contributed by atoms with Gasteiger partial charge < -0.3 is 14.8 Å². The minimum Gasteiger partial charge on any atom is -0.464 e. The predicted octanol–water partition coefficient (Wildman–Crippen LogP) is 0.957. The van der Waals surface area contributed by atoms with Crippen molar-refractivity contribution in [1.29, 1.82) is 0 Å². The number of carbonyl (C=O) groups is 1. The summed E-state index contributed by atoms with van der Waals surface area (Å²) in [6.45, 7) is -0.140. The van der Waals surface area contributed by atoms with Gasteiger partial charge in [-0.05, 0) is 0 Å². The summed E-state index contributed by atoms with van der Waals surface area (Å²) in [5.74, 6) is -0.155. The van der Waals surface area contributed by atoms with Gasteiger partial charge in [-0.3, -0.25) is 0 Å². The van der Waals surface area contributed by atoms with E-state index >= 15 is 0 Å². The van der Waals surface area contributed by atoms with Crippen molar-refractivity contribution in [3.8, 4) is 0 Å². The van der Waals surface area contributed by atoms with E-state index in [9.17, 15) is 13.6 Å². The van der Waals surface area contributed by atoms with Gasteiger partial charge in [0.2, 0.25) is 0 Å². The first-order valence-electron chi connectivity index (χ1n) is 5.13. The Labute approximate surface area is 102 Å². The SMILES string of the molecule is COC(=O)c1cnc(NCCOCC(F)F)cn1. The maximum atomic E-state index is 11.7. The Balaban J connectivity index is 2.29. The number of hydrogen-bond acceptors (Lipinski definition) is 6. The fraction of sp³-hybridized carbons (Fsp3) is 0.500. The number of anilines is 1. The van der Waals surface area contributed by atoms with E-state index in [-0.39, 0.29) is 12.3 Å². The fourth-order valence-corrected chi connectivity index (χ4v) is 1.05. The third-order valence-corrected chi connectivity index (χ3v) is 1.84. The summed E-state index contributed by atoms with van der Waals surface area (Å²) in [5, 5.41) is 2.81. The maximum Gasteiger partial charge on any atom is 0.358 e. The molecule has 0 atom stereocenters. The van der Waals surface area contributed by atoms with Crippen molar-refractivity contribution in [2.24, 2.45) is 0 Å². The second-order valence-electron chi connectivity index (χ2n) is 3.17. The number of carbonyl (C=O) groups excluding carboxylic acids is 1. The highest BCUT2D eigenvalue weighted by molar-refractivity contribution is 5.86. The van der Waals surface area contributed by atoms with Crippen LogP contribution in [0.3, 0.4) is 0 Å². The lowest BCUT2D eigenvalue weighted by Crippen LogP contribution is -2.14. The van der Waals surface area contributed by atoms with Gasteiger partial charge >= 0.3 is 5.97 Å². The Morgan fingerprint density at radius 1 is 1.44 bits per heavy atom. The molecule has 0 aliphatic rings. The summed E-state index contributed by atoms with van der Waals surface area (Å²) in [7, 11) is 1.25. The third-order valence-electron chi connectivity index (χ3n) is 1.84. The first-order valence-corrected chi connectivity index (χ1v) is 5.13. The second kappa shape index (κ2) is 7.49. The summed E-state index contributed by atoms with van der Waals surface area (Å²) < 4.78 is 32.6. The van der Waals surface area contributed by atoms with Crippen LogP contribution in [0.1, 0.15) is 10.5 Å². The van der Waals surface area contributed by atoms with Crippen molar-refractivity contribution in [2.75, 3.05) is 32.2 Å². The van der Waals surface area contributed by atoms with Crippen LogP contribution in [0.25, 0.3) is 0 Å². The van der Waals surface area contributed by atoms with Crippen molar-refractivity contribution >= 4 is 11.8 Å². The van der Waals surface area contributed by atoms with Gasteiger partial charge in [0.15, 0.2) is 5.69 Å². The zero-order valence-corrected chi connectivity index (χ0v) is 9.73. The van der Waals surface area contributed by atoms with Crippen LogP contribution in [0.5, 0.6) is 0 Å². The number of alkyl halides is 2. The highest BCUT2D eigenvalue weighted by atomic mass is 19.3. The minimum absolute atomic E-state index is 0.0944. The van der Waals surface area contributed by atoms with E-state index in [1.54, 1.807) is 0 Å². The maximum absolute atomic E-state index is 11.7. The quantitative estimate of drug-likeness (QED) is 0.582. The summed E-state index contributed by atoms with van der Waals surface area (Å²) >= 11 is 0. The summed E-state index contributed by atoms with van der Waals surface area (Å²) in [6, 6.07) is 0. The van der Waals surface area contributed by atoms with Crippen LogP contribution in [0.2, 0.25) is 0 Å². The van der Waals surface area contributed by atoms with Crippen LogP contribution < -0.4 is 5.32 Å². The molecule has 8 heteroatoms. The van der Waals surface area contributed by atoms with Crippen LogP contribution in [0, 0.1) is 0 Å². The molecule has 100 valence electrons. The van der Waals surface area contributed by atoms with Crippen molar-refractivity contribution in [2.45, 2.75) is 6.43 Å². The second-order valence-corrected chi connectivity index (χ2v) is 3.17. The van der Waals surface area contributed by atoms with Crippen molar-refractivity contribution in [3.05, 3.63) is 18.1 Å². The Morgan fingerprint density at radius 2 is 2.22 bits per heavy atom. The fourth-order valence-electron chi connectivity index (χ4n) is 1.05. The molecule has 0 fully saturated rings. The van der Waals surface area contributed by atoms with Crippen LogP contribution in [0.4, 0.5) is 14.6 Å². The van der Waals surface area contributed by atoms with Gasteiger partial charge in [0.05, 0.1) is 26.1 Å². The summed E-state index contributed by atoms with van der Waals surface area (Å²) in [5.41, 5.74) is 0.0944. The molecule has 0 aliphatic carbocycles. The molecule has 0 radical (unpaired) electrons. The summed E-state index contributed by atoms with van der Waals surface area (Å²) in [6.07, 6.45) is 0.136. The molecule has 1 rings (SSSR count). The number of hydrogen-bond donors (Lipinski definition) is 1. The van der Waals surface area contributed by atoms with Gasteiger partial charge in [-0.2, -0.15) is 0 Å². The van der Waals surface area contributed by atoms with Gasteiger partial charge in [0, 0.05) is 6.54 Å². The molecule has 6 nitrogen and oxygen atoms in total. The Kier molecular flexibility index (Phi) is 5.92. The minimum atomic E-state index is -2.47. The molecule has 18 heavy (non-hydrogen) atoms. The number of rotatable bonds is 7. The van der Waals surface area contributed by atoms with E-state index in [0.717, 1.165) is 0 Å². The van der Waals surface area contributed by atoms with Crippen LogP contribution in [-0.2, 0) is 9.47 Å². The first kappa shape index (κ1) is 14.2. The molecule has 0 spiro atoms. The third kappa shape index (κ3) is 5.00. The van der Waals surface area contributed by atoms with Gasteiger partial charge in [-0.15, -0.1) is 0 Å². The summed E-state index contributed by atoms with van der Waals surface area (Å²) in [4.78, 5) is 18.8. The Bertz CT molecular complexity index is 373. The van der Waals surface area contributed by atoms with Gasteiger partial charge in [0.1, 0.15) is 12.4 Å². The lowest BCUT2D eigenvalue weighted by molar-refractivity contribution is 0.0215. The van der Waals surface area contributed by atoms with Crippen LogP contribution >= 0.6 is 0 Å². The van der Waals surface area contributed by atoms with E-state index in [0.29, 0.717) is 12.4 Å². The zero-order valence-electron chi connectivity index (χ0n) is 9.73. The van der Waals surface area contributed by atoms with Gasteiger partial charge in [-0.25, -0.2) is 23.5 Å². The average Bonchev–Trinajstić information content (AvgIpc) is 2.38. The molecule has 0 saturated heterocycles. The number of nitrogens with one attached hydrogen (secondary N) is 1. The normalized spacial score (nSPS) is 10.4. The Hall–Kier alpha value is -1.83. The van der Waals surface area contributed by atoms with Crippen molar-refractivity contribution in [1.82, 2.24) is 9.97 Å². The molecule has 0 unspecified atom stereocenters. The molecule has 1 aromatic rings.